The molecule has 0 radical (unpaired) electrons. The van der Waals surface area contributed by atoms with Crippen molar-refractivity contribution < 1.29 is 36.3 Å². The molecule has 0 bridgehead atoms. The first-order valence-electron chi connectivity index (χ1n) is 9.18. The normalized spacial score (nSPS) is 14.0. The molecule has 0 spiro atoms. The molecule has 1 saturated carbocycles. The maximum atomic E-state index is 13.4. The first-order chi connectivity index (χ1) is 14.6. The van der Waals surface area contributed by atoms with Gasteiger partial charge in [-0.2, -0.15) is 22.0 Å². The topological polar surface area (TPSA) is 67.4 Å². The van der Waals surface area contributed by atoms with Gasteiger partial charge >= 0.3 is 12.8 Å². The molecule has 3 rings (SSSR count). The average Bonchev–Trinajstić information content (AvgIpc) is 3.53. The van der Waals surface area contributed by atoms with Crippen LogP contribution >= 0.6 is 0 Å². The van der Waals surface area contributed by atoms with Crippen molar-refractivity contribution in [2.45, 2.75) is 25.6 Å². The highest BCUT2D eigenvalue weighted by molar-refractivity contribution is 6.02. The number of carbonyl (C=O) groups excluding carboxylic acids is 2. The fraction of sp³-hybridized carbons (Fsp3) is 0.238. The van der Waals surface area contributed by atoms with E-state index in [1.54, 1.807) is 0 Å². The third-order valence-corrected chi connectivity index (χ3v) is 4.33. The molecular formula is C21H17F5N2O3. The quantitative estimate of drug-likeness (QED) is 0.453. The van der Waals surface area contributed by atoms with Gasteiger partial charge in [0.1, 0.15) is 5.75 Å². The summed E-state index contributed by atoms with van der Waals surface area (Å²) in [6, 6.07) is 8.44. The molecule has 0 aliphatic heterocycles. The fourth-order valence-corrected chi connectivity index (χ4v) is 2.66. The van der Waals surface area contributed by atoms with Crippen molar-refractivity contribution in [3.63, 3.8) is 0 Å². The first-order valence-corrected chi connectivity index (χ1v) is 9.18. The molecular weight excluding hydrogens is 423 g/mol. The Morgan fingerprint density at radius 2 is 1.71 bits per heavy atom. The fourth-order valence-electron chi connectivity index (χ4n) is 2.66. The van der Waals surface area contributed by atoms with Crippen LogP contribution in [0.1, 0.15) is 24.0 Å². The van der Waals surface area contributed by atoms with E-state index in [9.17, 15) is 31.5 Å². The van der Waals surface area contributed by atoms with Gasteiger partial charge in [-0.25, -0.2) is 0 Å². The van der Waals surface area contributed by atoms with Crippen LogP contribution in [0.25, 0.3) is 6.08 Å². The summed E-state index contributed by atoms with van der Waals surface area (Å²) in [5.41, 5.74) is -1.13. The highest BCUT2D eigenvalue weighted by atomic mass is 19.4. The van der Waals surface area contributed by atoms with E-state index in [0.717, 1.165) is 18.2 Å². The molecule has 10 heteroatoms. The van der Waals surface area contributed by atoms with Crippen molar-refractivity contribution in [2.75, 3.05) is 10.6 Å². The summed E-state index contributed by atoms with van der Waals surface area (Å²) < 4.78 is 68.7. The van der Waals surface area contributed by atoms with Crippen LogP contribution in [-0.2, 0) is 15.8 Å². The van der Waals surface area contributed by atoms with E-state index in [2.05, 4.69) is 15.4 Å². The summed E-state index contributed by atoms with van der Waals surface area (Å²) >= 11 is 0. The van der Waals surface area contributed by atoms with Crippen LogP contribution in [0.5, 0.6) is 5.75 Å². The Labute approximate surface area is 173 Å². The number of carbonyl (C=O) groups is 2. The van der Waals surface area contributed by atoms with Crippen LogP contribution in [0.2, 0.25) is 0 Å². The second-order valence-electron chi connectivity index (χ2n) is 6.79. The number of hydrogen-bond donors (Lipinski definition) is 2. The number of ether oxygens (including phenoxy) is 1. The molecule has 0 atom stereocenters. The maximum absolute atomic E-state index is 13.4. The lowest BCUT2D eigenvalue weighted by atomic mass is 10.1. The number of halogens is 5. The van der Waals surface area contributed by atoms with E-state index < -0.39 is 29.9 Å². The van der Waals surface area contributed by atoms with Crippen molar-refractivity contribution in [3.05, 3.63) is 59.7 Å². The van der Waals surface area contributed by atoms with Crippen LogP contribution in [0.4, 0.5) is 33.3 Å². The van der Waals surface area contributed by atoms with E-state index >= 15 is 0 Å². The molecule has 1 aliphatic rings. The van der Waals surface area contributed by atoms with Crippen molar-refractivity contribution in [1.29, 1.82) is 0 Å². The van der Waals surface area contributed by atoms with Gasteiger partial charge in [-0.05, 0) is 54.8 Å². The average molecular weight is 440 g/mol. The van der Waals surface area contributed by atoms with Gasteiger partial charge in [0, 0.05) is 17.7 Å². The third-order valence-electron chi connectivity index (χ3n) is 4.33. The molecule has 0 unspecified atom stereocenters. The number of anilines is 2. The zero-order chi connectivity index (χ0) is 22.6. The van der Waals surface area contributed by atoms with Crippen LogP contribution in [-0.4, -0.2) is 18.4 Å². The molecule has 1 aliphatic carbocycles. The predicted octanol–water partition coefficient (Wildman–Crippen LogP) is 5.31. The van der Waals surface area contributed by atoms with Crippen LogP contribution in [0, 0.1) is 5.92 Å². The molecule has 0 heterocycles. The molecule has 2 aromatic rings. The molecule has 1 fully saturated rings. The maximum Gasteiger partial charge on any atom is 0.418 e. The Morgan fingerprint density at radius 3 is 2.29 bits per heavy atom. The van der Waals surface area contributed by atoms with Crippen molar-refractivity contribution in [2.24, 2.45) is 5.92 Å². The third kappa shape index (κ3) is 6.53. The van der Waals surface area contributed by atoms with E-state index in [1.807, 2.05) is 0 Å². The number of nitrogens with one attached hydrogen (secondary N) is 2. The Balaban J connectivity index is 1.69. The Hall–Kier alpha value is -3.43. The van der Waals surface area contributed by atoms with Gasteiger partial charge in [0.05, 0.1) is 11.3 Å². The summed E-state index contributed by atoms with van der Waals surface area (Å²) in [6.07, 6.45) is -1.03. The highest BCUT2D eigenvalue weighted by Crippen LogP contribution is 2.37. The number of alkyl halides is 5. The monoisotopic (exact) mass is 440 g/mol. The minimum Gasteiger partial charge on any atom is -0.435 e. The summed E-state index contributed by atoms with van der Waals surface area (Å²) in [6.45, 7) is -2.97. The van der Waals surface area contributed by atoms with Gasteiger partial charge in [0.15, 0.2) is 0 Å². The SMILES string of the molecule is O=C(/C=C/c1ccc(OC(F)F)cc1)Nc1ccc(NC(=O)C2CC2)cc1C(F)(F)F. The van der Waals surface area contributed by atoms with Crippen LogP contribution < -0.4 is 15.4 Å². The molecule has 31 heavy (non-hydrogen) atoms. The second-order valence-corrected chi connectivity index (χ2v) is 6.79. The van der Waals surface area contributed by atoms with Crippen LogP contribution in [0.3, 0.4) is 0 Å². The van der Waals surface area contributed by atoms with Crippen LogP contribution in [0.15, 0.2) is 48.5 Å². The minimum absolute atomic E-state index is 0.0103. The largest absolute Gasteiger partial charge is 0.435 e. The van der Waals surface area contributed by atoms with Gasteiger partial charge in [0.2, 0.25) is 11.8 Å². The molecule has 5 nitrogen and oxygen atoms in total. The van der Waals surface area contributed by atoms with Crippen molar-refractivity contribution in [1.82, 2.24) is 0 Å². The van der Waals surface area contributed by atoms with Gasteiger partial charge in [0.25, 0.3) is 0 Å². The molecule has 2 amide bonds. The first kappa shape index (κ1) is 22.3. The van der Waals surface area contributed by atoms with Gasteiger partial charge < -0.3 is 15.4 Å². The molecule has 0 saturated heterocycles. The zero-order valence-corrected chi connectivity index (χ0v) is 15.9. The van der Waals surface area contributed by atoms with E-state index in [0.29, 0.717) is 18.4 Å². The lowest BCUT2D eigenvalue weighted by molar-refractivity contribution is -0.137. The predicted molar refractivity (Wildman–Crippen MR) is 104 cm³/mol. The van der Waals surface area contributed by atoms with Gasteiger partial charge in [-0.15, -0.1) is 0 Å². The molecule has 164 valence electrons. The summed E-state index contributed by atoms with van der Waals surface area (Å²) in [5.74, 6) is -1.40. The summed E-state index contributed by atoms with van der Waals surface area (Å²) in [4.78, 5) is 23.9. The molecule has 2 aromatic carbocycles. The lowest BCUT2D eigenvalue weighted by Crippen LogP contribution is -2.17. The minimum atomic E-state index is -4.76. The second kappa shape index (κ2) is 9.15. The highest BCUT2D eigenvalue weighted by Gasteiger charge is 2.35. The number of hydrogen-bond acceptors (Lipinski definition) is 3. The Morgan fingerprint density at radius 1 is 1.03 bits per heavy atom. The summed E-state index contributed by atoms with van der Waals surface area (Å²) in [7, 11) is 0. The Bertz CT molecular complexity index is 983. The van der Waals surface area contributed by atoms with Gasteiger partial charge in [-0.3, -0.25) is 9.59 Å². The zero-order valence-electron chi connectivity index (χ0n) is 15.9. The van der Waals surface area contributed by atoms with Gasteiger partial charge in [-0.1, -0.05) is 12.1 Å². The smallest absolute Gasteiger partial charge is 0.418 e. The number of rotatable bonds is 7. The van der Waals surface area contributed by atoms with E-state index in [1.165, 1.54) is 36.4 Å². The number of amides is 2. The van der Waals surface area contributed by atoms with E-state index in [-0.39, 0.29) is 23.3 Å². The molecule has 2 N–H and O–H groups in total. The van der Waals surface area contributed by atoms with Crippen molar-refractivity contribution in [3.8, 4) is 5.75 Å². The van der Waals surface area contributed by atoms with Crippen molar-refractivity contribution >= 4 is 29.3 Å². The molecule has 0 aromatic heterocycles. The Kier molecular flexibility index (Phi) is 6.57. The summed E-state index contributed by atoms with van der Waals surface area (Å²) in [5, 5.41) is 4.60. The van der Waals surface area contributed by atoms with E-state index in [4.69, 9.17) is 0 Å². The number of benzene rings is 2. The lowest BCUT2D eigenvalue weighted by Gasteiger charge is -2.15. The standard InChI is InChI=1S/C21H17F5N2O3/c22-20(23)31-15-7-1-12(2-8-15)3-10-18(29)28-17-9-6-14(11-16(17)21(24,25)26)27-19(30)13-4-5-13/h1-3,6-11,13,20H,4-5H2,(H,27,30)(H,28,29)/b10-3+.